The van der Waals surface area contributed by atoms with Gasteiger partial charge in [-0.25, -0.2) is 4.98 Å². The molecule has 1 amide bonds. The predicted molar refractivity (Wildman–Crippen MR) is 120 cm³/mol. The highest BCUT2D eigenvalue weighted by molar-refractivity contribution is 6.35. The molecule has 3 aromatic rings. The molecule has 0 N–H and O–H groups in total. The van der Waals surface area contributed by atoms with E-state index >= 15 is 0 Å². The number of hydrogen-bond donors (Lipinski definition) is 0. The van der Waals surface area contributed by atoms with E-state index in [1.54, 1.807) is 39.9 Å². The number of nitrogens with zero attached hydrogens (tertiary/aromatic N) is 4. The van der Waals surface area contributed by atoms with Crippen molar-refractivity contribution in [2.75, 3.05) is 19.7 Å². The van der Waals surface area contributed by atoms with Gasteiger partial charge >= 0.3 is 0 Å². The molecule has 6 rings (SSSR count). The summed E-state index contributed by atoms with van der Waals surface area (Å²) < 4.78 is 9.15. The Morgan fingerprint density at radius 2 is 2.06 bits per heavy atom. The van der Waals surface area contributed by atoms with Crippen molar-refractivity contribution in [1.82, 2.24) is 19.0 Å². The molecule has 32 heavy (non-hydrogen) atoms. The molecule has 1 fully saturated rings. The maximum absolute atomic E-state index is 13.4. The Morgan fingerprint density at radius 3 is 2.84 bits per heavy atom. The third-order valence-electron chi connectivity index (χ3n) is 6.92. The van der Waals surface area contributed by atoms with E-state index in [1.807, 2.05) is 17.9 Å². The van der Waals surface area contributed by atoms with Gasteiger partial charge in [-0.05, 0) is 37.6 Å². The van der Waals surface area contributed by atoms with Crippen LogP contribution in [0.3, 0.4) is 0 Å². The minimum Gasteiger partial charge on any atom is -0.491 e. The van der Waals surface area contributed by atoms with Gasteiger partial charge in [0, 0.05) is 47.8 Å². The molecule has 7 nitrogen and oxygen atoms in total. The highest BCUT2D eigenvalue weighted by atomic mass is 35.5. The Balaban J connectivity index is 1.33. The van der Waals surface area contributed by atoms with Crippen molar-refractivity contribution in [2.24, 2.45) is 5.92 Å². The fourth-order valence-corrected chi connectivity index (χ4v) is 5.72. The summed E-state index contributed by atoms with van der Waals surface area (Å²) in [4.78, 5) is 32.5. The maximum atomic E-state index is 13.4. The fourth-order valence-electron chi connectivity index (χ4n) is 5.17. The van der Waals surface area contributed by atoms with Gasteiger partial charge < -0.3 is 18.8 Å². The van der Waals surface area contributed by atoms with Crippen LogP contribution in [-0.2, 0) is 12.0 Å². The number of aryl methyl sites for hydroxylation is 1. The first-order valence-electron chi connectivity index (χ1n) is 10.5. The van der Waals surface area contributed by atoms with Crippen LogP contribution in [0.4, 0.5) is 0 Å². The van der Waals surface area contributed by atoms with Gasteiger partial charge in [-0.1, -0.05) is 23.2 Å². The van der Waals surface area contributed by atoms with Gasteiger partial charge in [0.25, 0.3) is 11.5 Å². The summed E-state index contributed by atoms with van der Waals surface area (Å²) >= 11 is 12.7. The third-order valence-corrected chi connectivity index (χ3v) is 7.42. The number of carbonyl (C=O) groups excluding carboxylic acids is 1. The molecule has 1 saturated carbocycles. The largest absolute Gasteiger partial charge is 0.491 e. The summed E-state index contributed by atoms with van der Waals surface area (Å²) in [6.07, 6.45) is 4.33. The lowest BCUT2D eigenvalue weighted by Gasteiger charge is -2.35. The molecule has 0 spiro atoms. The van der Waals surface area contributed by atoms with Crippen LogP contribution in [0.25, 0.3) is 5.69 Å². The number of hydrogen-bond acceptors (Lipinski definition) is 4. The van der Waals surface area contributed by atoms with E-state index in [2.05, 4.69) is 4.98 Å². The van der Waals surface area contributed by atoms with Gasteiger partial charge in [0.1, 0.15) is 17.1 Å². The van der Waals surface area contributed by atoms with Gasteiger partial charge in [-0.15, -0.1) is 0 Å². The van der Waals surface area contributed by atoms with Crippen molar-refractivity contribution in [1.29, 1.82) is 0 Å². The summed E-state index contributed by atoms with van der Waals surface area (Å²) in [5.41, 5.74) is 2.31. The van der Waals surface area contributed by atoms with Crippen LogP contribution in [0.1, 0.15) is 28.2 Å². The third kappa shape index (κ3) is 2.84. The summed E-state index contributed by atoms with van der Waals surface area (Å²) in [6.45, 7) is 3.92. The second kappa shape index (κ2) is 6.86. The molecule has 0 radical (unpaired) electrons. The predicted octanol–water partition coefficient (Wildman–Crippen LogP) is 3.46. The first-order chi connectivity index (χ1) is 15.4. The van der Waals surface area contributed by atoms with E-state index in [9.17, 15) is 9.59 Å². The van der Waals surface area contributed by atoms with Gasteiger partial charge in [0.05, 0.1) is 23.7 Å². The lowest BCUT2D eigenvalue weighted by atomic mass is 9.89. The zero-order valence-corrected chi connectivity index (χ0v) is 18.9. The number of amides is 1. The number of fused-ring (bicyclic) bond motifs is 4. The van der Waals surface area contributed by atoms with Gasteiger partial charge in [-0.2, -0.15) is 0 Å². The second-order valence-electron chi connectivity index (χ2n) is 8.84. The zero-order valence-electron chi connectivity index (χ0n) is 17.3. The van der Waals surface area contributed by atoms with Crippen LogP contribution in [-0.4, -0.2) is 44.6 Å². The number of imidazole rings is 1. The van der Waals surface area contributed by atoms with E-state index in [0.717, 1.165) is 17.7 Å². The van der Waals surface area contributed by atoms with Crippen molar-refractivity contribution >= 4 is 29.1 Å². The molecule has 9 heteroatoms. The first-order valence-corrected chi connectivity index (χ1v) is 11.3. The normalized spacial score (nSPS) is 23.3. The van der Waals surface area contributed by atoms with E-state index < -0.39 is 0 Å². The fraction of sp³-hybridized carbons (Fsp3) is 0.348. The topological polar surface area (TPSA) is 69.4 Å². The number of halogens is 2. The average Bonchev–Trinajstić information content (AvgIpc) is 3.33. The lowest BCUT2D eigenvalue weighted by molar-refractivity contribution is 0.0670. The Hall–Kier alpha value is -2.77. The van der Waals surface area contributed by atoms with E-state index in [-0.39, 0.29) is 16.9 Å². The second-order valence-corrected chi connectivity index (χ2v) is 9.69. The molecule has 4 heterocycles. The molecule has 0 saturated heterocycles. The van der Waals surface area contributed by atoms with Crippen LogP contribution in [0, 0.1) is 12.8 Å². The van der Waals surface area contributed by atoms with E-state index in [0.29, 0.717) is 59.3 Å². The van der Waals surface area contributed by atoms with Crippen molar-refractivity contribution in [2.45, 2.75) is 25.3 Å². The molecule has 164 valence electrons. The molecule has 3 aliphatic rings. The summed E-state index contributed by atoms with van der Waals surface area (Å²) in [5, 5.41) is 1.06. The van der Waals surface area contributed by atoms with Gasteiger partial charge in [0.15, 0.2) is 0 Å². The number of carbonyl (C=O) groups is 1. The maximum Gasteiger partial charge on any atom is 0.275 e. The average molecular weight is 471 g/mol. The standard InChI is InChI=1S/C23H20Cl2N4O3/c1-13-9-28(12-26-13)18-2-3-19-21(30)27(4-5-29(19)22(18)31)11-23-8-14(23)10-32-20-16(23)6-15(24)7-17(20)25/h2-3,6-7,9,12,14H,4-5,8,10-11H2,1H3/t14-,23+/m0/s1. The molecule has 2 aliphatic heterocycles. The number of ether oxygens (including phenoxy) is 1. The molecule has 0 unspecified atom stereocenters. The van der Waals surface area contributed by atoms with Crippen LogP contribution < -0.4 is 10.3 Å². The molecular weight excluding hydrogens is 451 g/mol. The summed E-state index contributed by atoms with van der Waals surface area (Å²) in [6, 6.07) is 7.02. The van der Waals surface area contributed by atoms with Crippen molar-refractivity contribution in [3.8, 4) is 11.4 Å². The van der Waals surface area contributed by atoms with Crippen LogP contribution >= 0.6 is 23.2 Å². The monoisotopic (exact) mass is 470 g/mol. The van der Waals surface area contributed by atoms with Crippen LogP contribution in [0.5, 0.6) is 5.75 Å². The molecule has 2 aromatic heterocycles. The first kappa shape index (κ1) is 19.9. The number of rotatable bonds is 3. The van der Waals surface area contributed by atoms with Crippen molar-refractivity contribution in [3.05, 3.63) is 74.1 Å². The Kier molecular flexibility index (Phi) is 4.26. The Bertz CT molecular complexity index is 1350. The molecular formula is C23H20Cl2N4O3. The smallest absolute Gasteiger partial charge is 0.275 e. The van der Waals surface area contributed by atoms with E-state index in [4.69, 9.17) is 27.9 Å². The van der Waals surface area contributed by atoms with Crippen molar-refractivity contribution in [3.63, 3.8) is 0 Å². The number of benzene rings is 1. The SMILES string of the molecule is Cc1cn(-c2ccc3n(c2=O)CCN(C[C@]24C[C@H]2COc2c(Cl)cc(Cl)cc24)C3=O)cn1. The van der Waals surface area contributed by atoms with Crippen molar-refractivity contribution < 1.29 is 9.53 Å². The van der Waals surface area contributed by atoms with Crippen LogP contribution in [0.2, 0.25) is 10.0 Å². The highest BCUT2D eigenvalue weighted by Gasteiger charge is 2.60. The summed E-state index contributed by atoms with van der Waals surface area (Å²) in [7, 11) is 0. The highest BCUT2D eigenvalue weighted by Crippen LogP contribution is 2.61. The molecule has 0 bridgehead atoms. The zero-order chi connectivity index (χ0) is 22.2. The number of aromatic nitrogens is 3. The lowest BCUT2D eigenvalue weighted by Crippen LogP contribution is -2.48. The Labute approximate surface area is 194 Å². The quantitative estimate of drug-likeness (QED) is 0.587. The van der Waals surface area contributed by atoms with Crippen LogP contribution in [0.15, 0.2) is 41.6 Å². The van der Waals surface area contributed by atoms with Gasteiger partial charge in [0.2, 0.25) is 0 Å². The van der Waals surface area contributed by atoms with E-state index in [1.165, 1.54) is 0 Å². The van der Waals surface area contributed by atoms with Gasteiger partial charge in [-0.3, -0.25) is 9.59 Å². The molecule has 1 aromatic carbocycles. The number of pyridine rings is 1. The molecule has 1 aliphatic carbocycles. The Morgan fingerprint density at radius 1 is 1.22 bits per heavy atom. The minimum absolute atomic E-state index is 0.136. The molecule has 2 atom stereocenters. The summed E-state index contributed by atoms with van der Waals surface area (Å²) in [5.74, 6) is 0.863. The minimum atomic E-state index is -0.200.